The van der Waals surface area contributed by atoms with Crippen molar-refractivity contribution in [2.75, 3.05) is 6.61 Å². The highest BCUT2D eigenvalue weighted by Crippen LogP contribution is 2.14. The van der Waals surface area contributed by atoms with Crippen molar-refractivity contribution in [3.63, 3.8) is 0 Å². The number of ether oxygens (including phenoxy) is 1. The summed E-state index contributed by atoms with van der Waals surface area (Å²) >= 11 is 0. The molecule has 0 aliphatic heterocycles. The molecule has 0 spiro atoms. The summed E-state index contributed by atoms with van der Waals surface area (Å²) in [4.78, 5) is 0. The molecular weight excluding hydrogens is 262 g/mol. The number of nitrogens with one attached hydrogen (secondary N) is 1. The van der Waals surface area contributed by atoms with E-state index in [1.807, 2.05) is 13.0 Å². The van der Waals surface area contributed by atoms with Crippen molar-refractivity contribution in [2.24, 2.45) is 5.92 Å². The highest BCUT2D eigenvalue weighted by molar-refractivity contribution is 5.26. The van der Waals surface area contributed by atoms with Gasteiger partial charge in [-0.05, 0) is 43.4 Å². The number of rotatable bonds is 11. The fourth-order valence-electron chi connectivity index (χ4n) is 1.91. The Morgan fingerprint density at radius 1 is 1.33 bits per heavy atom. The minimum Gasteiger partial charge on any atom is -0.374 e. The Labute approximate surface area is 130 Å². The van der Waals surface area contributed by atoms with Crippen LogP contribution in [0.2, 0.25) is 0 Å². The molecule has 0 bridgehead atoms. The van der Waals surface area contributed by atoms with Gasteiger partial charge in [-0.3, -0.25) is 10.7 Å². The fourth-order valence-corrected chi connectivity index (χ4v) is 1.91. The highest BCUT2D eigenvalue weighted by Gasteiger charge is 2.09. The van der Waals surface area contributed by atoms with E-state index in [-0.39, 0.29) is 6.10 Å². The molecule has 0 radical (unpaired) electrons. The average Bonchev–Trinajstić information content (AvgIpc) is 2.49. The molecule has 21 heavy (non-hydrogen) atoms. The van der Waals surface area contributed by atoms with E-state index in [1.54, 1.807) is 12.2 Å². The zero-order chi connectivity index (χ0) is 16.1. The van der Waals surface area contributed by atoms with Crippen LogP contribution in [0.1, 0.15) is 47.0 Å². The van der Waals surface area contributed by atoms with Crippen LogP contribution in [0.15, 0.2) is 48.2 Å². The molecule has 2 N–H and O–H groups in total. The van der Waals surface area contributed by atoms with E-state index in [0.717, 1.165) is 18.4 Å². The van der Waals surface area contributed by atoms with E-state index < -0.39 is 0 Å². The predicted molar refractivity (Wildman–Crippen MR) is 90.2 cm³/mol. The van der Waals surface area contributed by atoms with Gasteiger partial charge in [0.15, 0.2) is 0 Å². The summed E-state index contributed by atoms with van der Waals surface area (Å²) in [7, 11) is 0. The van der Waals surface area contributed by atoms with Crippen molar-refractivity contribution in [1.82, 2.24) is 5.48 Å². The van der Waals surface area contributed by atoms with E-state index in [9.17, 15) is 0 Å². The standard InChI is InChI=1S/C18H31NO2/c1-6-9-10-12-15(4)14-21-16(5)17(8-3)13-18(19-20)11-7-2/h7,10-13,15-16,19-20H,2,6,8-9,14H2,1,3-5H3/b12-10-,17-13-,18-11+. The second-order valence-electron chi connectivity index (χ2n) is 5.21. The summed E-state index contributed by atoms with van der Waals surface area (Å²) in [6, 6.07) is 0. The van der Waals surface area contributed by atoms with Crippen LogP contribution in [0.25, 0.3) is 0 Å². The normalized spacial score (nSPS) is 16.0. The molecule has 0 fully saturated rings. The SMILES string of the molecule is C=C/C=C(\C=C(\CC)C(C)OCC(C)/C=C\CCC)NO. The lowest BCUT2D eigenvalue weighted by Crippen LogP contribution is -2.16. The third-order valence-corrected chi connectivity index (χ3v) is 3.23. The van der Waals surface area contributed by atoms with Gasteiger partial charge in [0.2, 0.25) is 0 Å². The Morgan fingerprint density at radius 3 is 2.57 bits per heavy atom. The largest absolute Gasteiger partial charge is 0.374 e. The molecule has 0 aromatic rings. The average molecular weight is 293 g/mol. The number of hydrogen-bond acceptors (Lipinski definition) is 3. The molecule has 0 rings (SSSR count). The van der Waals surface area contributed by atoms with Gasteiger partial charge in [-0.15, -0.1) is 0 Å². The first kappa shape index (κ1) is 19.7. The van der Waals surface area contributed by atoms with Gasteiger partial charge in [0.05, 0.1) is 18.4 Å². The number of allylic oxidation sites excluding steroid dienone is 4. The van der Waals surface area contributed by atoms with Crippen molar-refractivity contribution < 1.29 is 9.94 Å². The molecule has 0 aromatic carbocycles. The van der Waals surface area contributed by atoms with Crippen LogP contribution in [0, 0.1) is 5.92 Å². The van der Waals surface area contributed by atoms with Crippen molar-refractivity contribution in [3.8, 4) is 0 Å². The quantitative estimate of drug-likeness (QED) is 0.327. The minimum atomic E-state index is 0.0265. The van der Waals surface area contributed by atoms with Gasteiger partial charge in [0.25, 0.3) is 0 Å². The van der Waals surface area contributed by atoms with Gasteiger partial charge in [-0.2, -0.15) is 0 Å². The summed E-state index contributed by atoms with van der Waals surface area (Å²) in [5, 5.41) is 9.06. The Kier molecular flexibility index (Phi) is 11.6. The zero-order valence-electron chi connectivity index (χ0n) is 13.9. The topological polar surface area (TPSA) is 41.5 Å². The third-order valence-electron chi connectivity index (χ3n) is 3.23. The summed E-state index contributed by atoms with van der Waals surface area (Å²) in [6.45, 7) is 12.8. The monoisotopic (exact) mass is 293 g/mol. The molecule has 2 unspecified atom stereocenters. The van der Waals surface area contributed by atoms with Crippen LogP contribution >= 0.6 is 0 Å². The summed E-state index contributed by atoms with van der Waals surface area (Å²) in [5.74, 6) is 0.413. The zero-order valence-corrected chi connectivity index (χ0v) is 13.9. The molecule has 3 heteroatoms. The summed E-state index contributed by atoms with van der Waals surface area (Å²) in [6.07, 6.45) is 12.9. The molecule has 120 valence electrons. The molecular formula is C18H31NO2. The van der Waals surface area contributed by atoms with Gasteiger partial charge < -0.3 is 4.74 Å². The van der Waals surface area contributed by atoms with Crippen LogP contribution in [-0.4, -0.2) is 17.9 Å². The lowest BCUT2D eigenvalue weighted by atomic mass is 10.1. The maximum absolute atomic E-state index is 9.06. The maximum Gasteiger partial charge on any atom is 0.0760 e. The van der Waals surface area contributed by atoms with Crippen molar-refractivity contribution >= 4 is 0 Å². The first-order valence-electron chi connectivity index (χ1n) is 7.80. The van der Waals surface area contributed by atoms with Crippen LogP contribution in [0.3, 0.4) is 0 Å². The van der Waals surface area contributed by atoms with Crippen LogP contribution in [0.4, 0.5) is 0 Å². The summed E-state index contributed by atoms with van der Waals surface area (Å²) < 4.78 is 5.93. The molecule has 3 nitrogen and oxygen atoms in total. The second-order valence-corrected chi connectivity index (χ2v) is 5.21. The first-order chi connectivity index (χ1) is 10.1. The Bertz CT molecular complexity index is 369. The molecule has 0 saturated heterocycles. The van der Waals surface area contributed by atoms with Crippen LogP contribution in [-0.2, 0) is 4.74 Å². The number of hydrogen-bond donors (Lipinski definition) is 2. The van der Waals surface area contributed by atoms with Crippen molar-refractivity contribution in [1.29, 1.82) is 0 Å². The van der Waals surface area contributed by atoms with Crippen molar-refractivity contribution in [2.45, 2.75) is 53.1 Å². The first-order valence-corrected chi connectivity index (χ1v) is 7.80. The lowest BCUT2D eigenvalue weighted by Gasteiger charge is -2.18. The summed E-state index contributed by atoms with van der Waals surface area (Å²) in [5.41, 5.74) is 3.92. The van der Waals surface area contributed by atoms with E-state index >= 15 is 0 Å². The minimum absolute atomic E-state index is 0.0265. The highest BCUT2D eigenvalue weighted by atomic mass is 16.5. The van der Waals surface area contributed by atoms with Gasteiger partial charge in [-0.1, -0.05) is 52.0 Å². The predicted octanol–water partition coefficient (Wildman–Crippen LogP) is 4.77. The van der Waals surface area contributed by atoms with E-state index in [1.165, 1.54) is 6.42 Å². The van der Waals surface area contributed by atoms with E-state index in [0.29, 0.717) is 18.2 Å². The Balaban J connectivity index is 4.52. The number of hydroxylamine groups is 1. The van der Waals surface area contributed by atoms with Crippen LogP contribution < -0.4 is 5.48 Å². The third kappa shape index (κ3) is 9.27. The van der Waals surface area contributed by atoms with Gasteiger partial charge in [0, 0.05) is 0 Å². The van der Waals surface area contributed by atoms with Crippen molar-refractivity contribution in [3.05, 3.63) is 48.2 Å². The maximum atomic E-state index is 9.06. The molecule has 0 aliphatic rings. The molecule has 0 heterocycles. The fraction of sp³-hybridized carbons (Fsp3) is 0.556. The van der Waals surface area contributed by atoms with Gasteiger partial charge in [0.1, 0.15) is 0 Å². The molecule has 0 amide bonds. The number of unbranched alkanes of at least 4 members (excludes halogenated alkanes) is 1. The Hall–Kier alpha value is -1.32. The van der Waals surface area contributed by atoms with Gasteiger partial charge >= 0.3 is 0 Å². The van der Waals surface area contributed by atoms with E-state index in [4.69, 9.17) is 9.94 Å². The molecule has 2 atom stereocenters. The van der Waals surface area contributed by atoms with E-state index in [2.05, 4.69) is 45.0 Å². The van der Waals surface area contributed by atoms with Crippen LogP contribution in [0.5, 0.6) is 0 Å². The molecule has 0 saturated carbocycles. The molecule has 0 aliphatic carbocycles. The molecule has 0 aromatic heterocycles. The van der Waals surface area contributed by atoms with Gasteiger partial charge in [-0.25, -0.2) is 0 Å². The lowest BCUT2D eigenvalue weighted by molar-refractivity contribution is 0.0732. The Morgan fingerprint density at radius 2 is 2.05 bits per heavy atom. The second kappa shape index (κ2) is 12.4. The smallest absolute Gasteiger partial charge is 0.0760 e.